The Morgan fingerprint density at radius 3 is 2.33 bits per heavy atom. The van der Waals surface area contributed by atoms with Crippen molar-refractivity contribution in [3.8, 4) is 0 Å². The summed E-state index contributed by atoms with van der Waals surface area (Å²) < 4.78 is 51.0. The maximum Gasteiger partial charge on any atom is 0.416 e. The number of benzene rings is 2. The normalized spacial score (nSPS) is 14.6. The Morgan fingerprint density at radius 2 is 1.67 bits per heavy atom. The summed E-state index contributed by atoms with van der Waals surface area (Å²) in [6.07, 6.45) is -3.72. The second-order valence-corrected chi connectivity index (χ2v) is 4.86. The zero-order valence-corrected chi connectivity index (χ0v) is 10.9. The molecule has 108 valence electrons. The van der Waals surface area contributed by atoms with Gasteiger partial charge in [0.2, 0.25) is 0 Å². The first-order chi connectivity index (χ1) is 9.95. The zero-order chi connectivity index (χ0) is 15.0. The van der Waals surface area contributed by atoms with Crippen molar-refractivity contribution in [1.29, 1.82) is 0 Å². The van der Waals surface area contributed by atoms with Crippen LogP contribution in [0.4, 0.5) is 17.6 Å². The Balaban J connectivity index is 2.00. The Labute approximate surface area is 118 Å². The summed E-state index contributed by atoms with van der Waals surface area (Å²) >= 11 is 0. The largest absolute Gasteiger partial charge is 0.416 e. The van der Waals surface area contributed by atoms with Crippen molar-refractivity contribution in [2.75, 3.05) is 6.54 Å². The van der Waals surface area contributed by atoms with Crippen LogP contribution >= 0.6 is 0 Å². The molecule has 2 aromatic carbocycles. The first kappa shape index (κ1) is 13.8. The molecule has 0 atom stereocenters. The van der Waals surface area contributed by atoms with E-state index in [9.17, 15) is 17.6 Å². The molecule has 0 fully saturated rings. The molecular weight excluding hydrogens is 282 g/mol. The van der Waals surface area contributed by atoms with E-state index < -0.39 is 11.7 Å². The predicted molar refractivity (Wildman–Crippen MR) is 72.1 cm³/mol. The van der Waals surface area contributed by atoms with Gasteiger partial charge in [-0.2, -0.15) is 13.2 Å². The van der Waals surface area contributed by atoms with Gasteiger partial charge in [-0.3, -0.25) is 4.99 Å². The molecule has 5 heteroatoms. The minimum absolute atomic E-state index is 0.317. The molecular formula is C16H11F4N. The monoisotopic (exact) mass is 293 g/mol. The molecule has 0 amide bonds. The molecule has 0 unspecified atom stereocenters. The average Bonchev–Trinajstić information content (AvgIpc) is 2.45. The fourth-order valence-electron chi connectivity index (χ4n) is 2.44. The number of hydrogen-bond donors (Lipinski definition) is 0. The number of fused-ring (bicyclic) bond motifs is 1. The summed E-state index contributed by atoms with van der Waals surface area (Å²) in [4.78, 5) is 4.38. The molecule has 0 radical (unpaired) electrons. The van der Waals surface area contributed by atoms with Gasteiger partial charge in [-0.15, -0.1) is 0 Å². The topological polar surface area (TPSA) is 12.4 Å². The van der Waals surface area contributed by atoms with E-state index in [1.54, 1.807) is 6.07 Å². The number of hydrogen-bond acceptors (Lipinski definition) is 1. The molecule has 3 rings (SSSR count). The number of nitrogens with zero attached hydrogens (tertiary/aromatic N) is 1. The summed E-state index contributed by atoms with van der Waals surface area (Å²) in [7, 11) is 0. The number of alkyl halides is 3. The molecule has 2 aromatic rings. The second kappa shape index (κ2) is 4.98. The minimum Gasteiger partial charge on any atom is -0.284 e. The average molecular weight is 293 g/mol. The number of aliphatic imine (C=N–C) groups is 1. The van der Waals surface area contributed by atoms with Crippen LogP contribution in [-0.2, 0) is 12.6 Å². The Kier molecular flexibility index (Phi) is 3.27. The Hall–Kier alpha value is -2.17. The van der Waals surface area contributed by atoms with Gasteiger partial charge in [-0.05, 0) is 42.3 Å². The second-order valence-electron chi connectivity index (χ2n) is 4.86. The van der Waals surface area contributed by atoms with Crippen molar-refractivity contribution >= 4 is 5.71 Å². The maximum atomic E-state index is 13.2. The van der Waals surface area contributed by atoms with E-state index in [2.05, 4.69) is 4.99 Å². The molecule has 0 saturated heterocycles. The molecule has 21 heavy (non-hydrogen) atoms. The summed E-state index contributed by atoms with van der Waals surface area (Å²) in [5.41, 5.74) is 2.14. The lowest BCUT2D eigenvalue weighted by molar-refractivity contribution is -0.137. The maximum absolute atomic E-state index is 13.2. The van der Waals surface area contributed by atoms with E-state index in [-0.39, 0.29) is 5.82 Å². The van der Waals surface area contributed by atoms with Crippen LogP contribution in [0.25, 0.3) is 0 Å². The highest BCUT2D eigenvalue weighted by Crippen LogP contribution is 2.30. The van der Waals surface area contributed by atoms with E-state index in [4.69, 9.17) is 0 Å². The molecule has 0 N–H and O–H groups in total. The van der Waals surface area contributed by atoms with Gasteiger partial charge in [0.15, 0.2) is 0 Å². The van der Waals surface area contributed by atoms with Crippen LogP contribution in [0.2, 0.25) is 0 Å². The van der Waals surface area contributed by atoms with Gasteiger partial charge in [0.05, 0.1) is 11.3 Å². The van der Waals surface area contributed by atoms with Crippen molar-refractivity contribution in [3.63, 3.8) is 0 Å². The van der Waals surface area contributed by atoms with Crippen LogP contribution in [0.3, 0.4) is 0 Å². The fraction of sp³-hybridized carbons (Fsp3) is 0.188. The van der Waals surface area contributed by atoms with Gasteiger partial charge in [-0.1, -0.05) is 12.1 Å². The lowest BCUT2D eigenvalue weighted by Crippen LogP contribution is -2.15. The van der Waals surface area contributed by atoms with Crippen LogP contribution in [0.15, 0.2) is 47.5 Å². The van der Waals surface area contributed by atoms with Crippen LogP contribution in [0, 0.1) is 5.82 Å². The Bertz CT molecular complexity index is 699. The first-order valence-electron chi connectivity index (χ1n) is 6.46. The van der Waals surface area contributed by atoms with Crippen LogP contribution in [0.5, 0.6) is 0 Å². The third-order valence-corrected chi connectivity index (χ3v) is 3.46. The molecule has 1 aliphatic heterocycles. The molecule has 1 nitrogen and oxygen atoms in total. The molecule has 1 heterocycles. The van der Waals surface area contributed by atoms with E-state index in [0.717, 1.165) is 23.3 Å². The van der Waals surface area contributed by atoms with Gasteiger partial charge in [-0.25, -0.2) is 4.39 Å². The van der Waals surface area contributed by atoms with E-state index in [0.29, 0.717) is 24.2 Å². The first-order valence-corrected chi connectivity index (χ1v) is 6.46. The fourth-order valence-corrected chi connectivity index (χ4v) is 2.44. The lowest BCUT2D eigenvalue weighted by Gasteiger charge is -2.17. The molecule has 0 saturated carbocycles. The predicted octanol–water partition coefficient (Wildman–Crippen LogP) is 4.24. The summed E-state index contributed by atoms with van der Waals surface area (Å²) in [6.45, 7) is 0.507. The van der Waals surface area contributed by atoms with Crippen molar-refractivity contribution < 1.29 is 17.6 Å². The zero-order valence-electron chi connectivity index (χ0n) is 10.9. The van der Waals surface area contributed by atoms with E-state index in [1.165, 1.54) is 24.3 Å². The highest BCUT2D eigenvalue weighted by molar-refractivity contribution is 6.14. The van der Waals surface area contributed by atoms with Gasteiger partial charge in [0.1, 0.15) is 5.82 Å². The van der Waals surface area contributed by atoms with Gasteiger partial charge < -0.3 is 0 Å². The van der Waals surface area contributed by atoms with Crippen LogP contribution < -0.4 is 0 Å². The molecule has 0 aliphatic carbocycles. The van der Waals surface area contributed by atoms with Crippen LogP contribution in [0.1, 0.15) is 22.3 Å². The van der Waals surface area contributed by atoms with E-state index in [1.807, 2.05) is 0 Å². The van der Waals surface area contributed by atoms with Crippen molar-refractivity contribution in [1.82, 2.24) is 0 Å². The van der Waals surface area contributed by atoms with E-state index >= 15 is 0 Å². The minimum atomic E-state index is -4.35. The van der Waals surface area contributed by atoms with Gasteiger partial charge in [0.25, 0.3) is 0 Å². The molecule has 1 aliphatic rings. The summed E-state index contributed by atoms with van der Waals surface area (Å²) in [5, 5.41) is 0. The number of rotatable bonds is 1. The Morgan fingerprint density at radius 1 is 0.952 bits per heavy atom. The third kappa shape index (κ3) is 2.68. The highest BCUT2D eigenvalue weighted by atomic mass is 19.4. The lowest BCUT2D eigenvalue weighted by atomic mass is 9.93. The highest BCUT2D eigenvalue weighted by Gasteiger charge is 2.30. The third-order valence-electron chi connectivity index (χ3n) is 3.46. The SMILES string of the molecule is Fc1ccc2c(c1)CCN=C2c1ccc(C(F)(F)F)cc1. The quantitative estimate of drug-likeness (QED) is 0.697. The summed E-state index contributed by atoms with van der Waals surface area (Å²) in [5.74, 6) is -0.317. The number of halogens is 4. The van der Waals surface area contributed by atoms with Crippen molar-refractivity contribution in [2.24, 2.45) is 4.99 Å². The van der Waals surface area contributed by atoms with Crippen molar-refractivity contribution in [3.05, 3.63) is 70.5 Å². The molecule has 0 bridgehead atoms. The molecule has 0 spiro atoms. The van der Waals surface area contributed by atoms with Gasteiger partial charge >= 0.3 is 6.18 Å². The summed E-state index contributed by atoms with van der Waals surface area (Å²) in [6, 6.07) is 9.30. The smallest absolute Gasteiger partial charge is 0.284 e. The van der Waals surface area contributed by atoms with Crippen molar-refractivity contribution in [2.45, 2.75) is 12.6 Å². The van der Waals surface area contributed by atoms with Crippen LogP contribution in [-0.4, -0.2) is 12.3 Å². The standard InChI is InChI=1S/C16H11F4N/c17-13-5-6-14-11(9-13)7-8-21-15(14)10-1-3-12(4-2-10)16(18,19)20/h1-6,9H,7-8H2. The van der Waals surface area contributed by atoms with Gasteiger partial charge in [0, 0.05) is 17.7 Å². The molecule has 0 aromatic heterocycles.